The molecule has 1 atom stereocenters. The second-order valence-corrected chi connectivity index (χ2v) is 6.32. The molecule has 102 valence electrons. The highest BCUT2D eigenvalue weighted by molar-refractivity contribution is 9.10. The Morgan fingerprint density at radius 2 is 1.95 bits per heavy atom. The SMILES string of the molecule is CCNC(c1ccc(SCC)cc1)c1occc1Br. The summed E-state index contributed by atoms with van der Waals surface area (Å²) in [4.78, 5) is 1.31. The zero-order chi connectivity index (χ0) is 13.7. The van der Waals surface area contributed by atoms with Crippen molar-refractivity contribution in [2.24, 2.45) is 0 Å². The van der Waals surface area contributed by atoms with E-state index in [2.05, 4.69) is 59.4 Å². The Kier molecular flexibility index (Phi) is 5.55. The molecule has 19 heavy (non-hydrogen) atoms. The molecule has 0 fully saturated rings. The molecule has 1 aromatic heterocycles. The number of hydrogen-bond donors (Lipinski definition) is 1. The van der Waals surface area contributed by atoms with Gasteiger partial charge < -0.3 is 9.73 Å². The van der Waals surface area contributed by atoms with Crippen molar-refractivity contribution in [3.8, 4) is 0 Å². The molecule has 1 aromatic carbocycles. The molecular weight excluding hydrogens is 322 g/mol. The molecule has 2 rings (SSSR count). The van der Waals surface area contributed by atoms with Crippen molar-refractivity contribution in [1.82, 2.24) is 5.32 Å². The molecule has 0 saturated heterocycles. The molecule has 0 amide bonds. The fourth-order valence-corrected chi connectivity index (χ4v) is 3.09. The number of halogens is 1. The molecule has 0 bridgehead atoms. The molecule has 0 aliphatic rings. The zero-order valence-corrected chi connectivity index (χ0v) is 13.6. The van der Waals surface area contributed by atoms with E-state index in [-0.39, 0.29) is 6.04 Å². The van der Waals surface area contributed by atoms with Gasteiger partial charge in [0, 0.05) is 4.90 Å². The summed E-state index contributed by atoms with van der Waals surface area (Å²) in [5, 5.41) is 3.46. The molecule has 1 N–H and O–H groups in total. The Balaban J connectivity index is 2.26. The minimum atomic E-state index is 0.0926. The lowest BCUT2D eigenvalue weighted by atomic mass is 10.0. The van der Waals surface area contributed by atoms with E-state index in [4.69, 9.17) is 4.42 Å². The van der Waals surface area contributed by atoms with Crippen molar-refractivity contribution in [3.63, 3.8) is 0 Å². The summed E-state index contributed by atoms with van der Waals surface area (Å²) in [6, 6.07) is 10.7. The van der Waals surface area contributed by atoms with Gasteiger partial charge in [-0.2, -0.15) is 0 Å². The predicted octanol–water partition coefficient (Wildman–Crippen LogP) is 4.85. The monoisotopic (exact) mass is 339 g/mol. The van der Waals surface area contributed by atoms with Crippen LogP contribution in [-0.2, 0) is 0 Å². The highest BCUT2D eigenvalue weighted by Crippen LogP contribution is 2.30. The first-order chi connectivity index (χ1) is 9.26. The second-order valence-electron chi connectivity index (χ2n) is 4.13. The fraction of sp³-hybridized carbons (Fsp3) is 0.333. The van der Waals surface area contributed by atoms with Gasteiger partial charge in [0.1, 0.15) is 5.76 Å². The van der Waals surface area contributed by atoms with Gasteiger partial charge in [-0.15, -0.1) is 11.8 Å². The van der Waals surface area contributed by atoms with E-state index in [9.17, 15) is 0 Å². The predicted molar refractivity (Wildman–Crippen MR) is 84.8 cm³/mol. The van der Waals surface area contributed by atoms with Gasteiger partial charge in [0.15, 0.2) is 0 Å². The van der Waals surface area contributed by atoms with Crippen LogP contribution in [-0.4, -0.2) is 12.3 Å². The van der Waals surface area contributed by atoms with Crippen LogP contribution >= 0.6 is 27.7 Å². The van der Waals surface area contributed by atoms with Crippen LogP contribution in [0.3, 0.4) is 0 Å². The minimum Gasteiger partial charge on any atom is -0.466 e. The van der Waals surface area contributed by atoms with E-state index in [0.29, 0.717) is 0 Å². The molecule has 0 spiro atoms. The van der Waals surface area contributed by atoms with E-state index in [1.54, 1.807) is 6.26 Å². The van der Waals surface area contributed by atoms with Gasteiger partial charge in [0.2, 0.25) is 0 Å². The van der Waals surface area contributed by atoms with E-state index >= 15 is 0 Å². The molecule has 0 saturated carbocycles. The van der Waals surface area contributed by atoms with Gasteiger partial charge in [-0.25, -0.2) is 0 Å². The summed E-state index contributed by atoms with van der Waals surface area (Å²) >= 11 is 5.39. The smallest absolute Gasteiger partial charge is 0.139 e. The number of rotatable bonds is 6. The average molecular weight is 340 g/mol. The van der Waals surface area contributed by atoms with Crippen molar-refractivity contribution >= 4 is 27.7 Å². The largest absolute Gasteiger partial charge is 0.466 e. The topological polar surface area (TPSA) is 25.2 Å². The van der Waals surface area contributed by atoms with E-state index in [1.165, 1.54) is 10.5 Å². The third-order valence-electron chi connectivity index (χ3n) is 2.84. The minimum absolute atomic E-state index is 0.0926. The maximum absolute atomic E-state index is 5.60. The van der Waals surface area contributed by atoms with Crippen molar-refractivity contribution < 1.29 is 4.42 Å². The standard InChI is InChI=1S/C15H18BrNOS/c1-3-17-14(15-13(16)9-10-18-15)11-5-7-12(8-6-11)19-4-2/h5-10,14,17H,3-4H2,1-2H3. The molecular formula is C15H18BrNOS. The molecule has 2 nitrogen and oxygen atoms in total. The Labute approximate surface area is 127 Å². The molecule has 1 unspecified atom stereocenters. The summed E-state index contributed by atoms with van der Waals surface area (Å²) in [5.41, 5.74) is 1.22. The van der Waals surface area contributed by atoms with Gasteiger partial charge >= 0.3 is 0 Å². The van der Waals surface area contributed by atoms with Crippen molar-refractivity contribution in [1.29, 1.82) is 0 Å². The summed E-state index contributed by atoms with van der Waals surface area (Å²) < 4.78 is 6.60. The number of nitrogens with one attached hydrogen (secondary N) is 1. The van der Waals surface area contributed by atoms with E-state index < -0.39 is 0 Å². The van der Waals surface area contributed by atoms with Crippen LogP contribution in [0.4, 0.5) is 0 Å². The normalized spacial score (nSPS) is 12.6. The van der Waals surface area contributed by atoms with Crippen LogP contribution < -0.4 is 5.32 Å². The van der Waals surface area contributed by atoms with Gasteiger partial charge in [0.05, 0.1) is 16.8 Å². The Hall–Kier alpha value is -0.710. The fourth-order valence-electron chi connectivity index (χ4n) is 2.00. The maximum Gasteiger partial charge on any atom is 0.139 e. The third kappa shape index (κ3) is 3.65. The molecule has 0 aliphatic heterocycles. The lowest BCUT2D eigenvalue weighted by molar-refractivity contribution is 0.450. The van der Waals surface area contributed by atoms with E-state index in [1.807, 2.05) is 17.8 Å². The van der Waals surface area contributed by atoms with Crippen LogP contribution in [0.25, 0.3) is 0 Å². The van der Waals surface area contributed by atoms with Crippen LogP contribution in [0.5, 0.6) is 0 Å². The van der Waals surface area contributed by atoms with Gasteiger partial charge in [-0.05, 0) is 52.0 Å². The number of hydrogen-bond acceptors (Lipinski definition) is 3. The lowest BCUT2D eigenvalue weighted by Gasteiger charge is -2.17. The molecule has 1 heterocycles. The van der Waals surface area contributed by atoms with Crippen LogP contribution in [0, 0.1) is 0 Å². The highest BCUT2D eigenvalue weighted by Gasteiger charge is 2.18. The number of benzene rings is 1. The van der Waals surface area contributed by atoms with Crippen molar-refractivity contribution in [2.75, 3.05) is 12.3 Å². The summed E-state index contributed by atoms with van der Waals surface area (Å²) in [6.45, 7) is 5.16. The number of thioether (sulfide) groups is 1. The molecule has 4 heteroatoms. The summed E-state index contributed by atoms with van der Waals surface area (Å²) in [7, 11) is 0. The van der Waals surface area contributed by atoms with Crippen LogP contribution in [0.15, 0.2) is 50.4 Å². The highest BCUT2D eigenvalue weighted by atomic mass is 79.9. The van der Waals surface area contributed by atoms with Gasteiger partial charge in [-0.1, -0.05) is 26.0 Å². The van der Waals surface area contributed by atoms with Crippen LogP contribution in [0.1, 0.15) is 31.2 Å². The average Bonchev–Trinajstić information content (AvgIpc) is 2.84. The summed E-state index contributed by atoms with van der Waals surface area (Å²) in [6.07, 6.45) is 1.71. The zero-order valence-electron chi connectivity index (χ0n) is 11.2. The molecule has 0 aliphatic carbocycles. The summed E-state index contributed by atoms with van der Waals surface area (Å²) in [5.74, 6) is 2.03. The first kappa shape index (κ1) is 14.7. The molecule has 2 aromatic rings. The first-order valence-corrected chi connectivity index (χ1v) is 8.23. The first-order valence-electron chi connectivity index (χ1n) is 6.45. The Morgan fingerprint density at radius 1 is 1.21 bits per heavy atom. The van der Waals surface area contributed by atoms with Crippen molar-refractivity contribution in [2.45, 2.75) is 24.8 Å². The van der Waals surface area contributed by atoms with E-state index in [0.717, 1.165) is 22.5 Å². The van der Waals surface area contributed by atoms with Crippen LogP contribution in [0.2, 0.25) is 0 Å². The maximum atomic E-state index is 5.60. The second kappa shape index (κ2) is 7.17. The Morgan fingerprint density at radius 3 is 2.47 bits per heavy atom. The van der Waals surface area contributed by atoms with Gasteiger partial charge in [-0.3, -0.25) is 0 Å². The van der Waals surface area contributed by atoms with Crippen molar-refractivity contribution in [3.05, 3.63) is 52.4 Å². The van der Waals surface area contributed by atoms with Gasteiger partial charge in [0.25, 0.3) is 0 Å². The lowest BCUT2D eigenvalue weighted by Crippen LogP contribution is -2.21. The quantitative estimate of drug-likeness (QED) is 0.761. The Bertz CT molecular complexity index is 509. The number of furan rings is 1. The third-order valence-corrected chi connectivity index (χ3v) is 4.39. The molecule has 0 radical (unpaired) electrons.